The molecule has 0 atom stereocenters. The monoisotopic (exact) mass is 421 g/mol. The summed E-state index contributed by atoms with van der Waals surface area (Å²) in [5, 5.41) is 8.23. The predicted molar refractivity (Wildman–Crippen MR) is 136 cm³/mol. The maximum atomic E-state index is 2.60. The first-order chi connectivity index (χ1) is 14.7. The summed E-state index contributed by atoms with van der Waals surface area (Å²) in [7, 11) is 0. The second-order valence-electron chi connectivity index (χ2n) is 8.34. The summed E-state index contributed by atoms with van der Waals surface area (Å²) in [4.78, 5) is 0. The highest BCUT2D eigenvalue weighted by Gasteiger charge is 2.21. The highest BCUT2D eigenvalue weighted by atomic mass is 32.1. The number of hydrogen-bond acceptors (Lipinski definition) is 2. The van der Waals surface area contributed by atoms with Crippen molar-refractivity contribution in [1.82, 2.24) is 4.57 Å². The summed E-state index contributed by atoms with van der Waals surface area (Å²) in [6, 6.07) is 27.3. The number of hydrogen-bond donors (Lipinski definition) is 0. The van der Waals surface area contributed by atoms with E-state index in [2.05, 4.69) is 91.2 Å². The van der Waals surface area contributed by atoms with Crippen LogP contribution in [-0.4, -0.2) is 4.57 Å². The van der Waals surface area contributed by atoms with Crippen molar-refractivity contribution in [1.29, 1.82) is 0 Å². The van der Waals surface area contributed by atoms with Crippen molar-refractivity contribution < 1.29 is 0 Å². The van der Waals surface area contributed by atoms with Gasteiger partial charge in [0.2, 0.25) is 0 Å². The van der Waals surface area contributed by atoms with E-state index in [-0.39, 0.29) is 0 Å². The quantitative estimate of drug-likeness (QED) is 0.249. The summed E-state index contributed by atoms with van der Waals surface area (Å²) in [6.45, 7) is 4.63. The fourth-order valence-corrected chi connectivity index (χ4v) is 7.59. The molecule has 0 amide bonds. The first-order valence-electron chi connectivity index (χ1n) is 10.4. The molecule has 0 N–H and O–H groups in total. The van der Waals surface area contributed by atoms with Crippen LogP contribution in [0.4, 0.5) is 0 Å². The van der Waals surface area contributed by atoms with Crippen molar-refractivity contribution in [2.24, 2.45) is 0 Å². The number of fused-ring (bicyclic) bond motifs is 11. The Balaban J connectivity index is 1.79. The zero-order valence-electron chi connectivity index (χ0n) is 16.8. The van der Waals surface area contributed by atoms with Crippen LogP contribution in [0, 0.1) is 0 Å². The number of benzene rings is 4. The van der Waals surface area contributed by atoms with Crippen molar-refractivity contribution in [3.05, 3.63) is 72.8 Å². The molecule has 0 bridgehead atoms. The van der Waals surface area contributed by atoms with Crippen LogP contribution in [0.5, 0.6) is 0 Å². The van der Waals surface area contributed by atoms with Gasteiger partial charge >= 0.3 is 0 Å². The van der Waals surface area contributed by atoms with E-state index in [1.807, 2.05) is 22.7 Å². The predicted octanol–water partition coefficient (Wildman–Crippen LogP) is 9.11. The number of nitrogens with zero attached hydrogens (tertiary/aromatic N) is 1. The van der Waals surface area contributed by atoms with Gasteiger partial charge in [0.1, 0.15) is 0 Å². The Kier molecular flexibility index (Phi) is 3.28. The highest BCUT2D eigenvalue weighted by Crippen LogP contribution is 2.46. The van der Waals surface area contributed by atoms with Crippen LogP contribution in [0.1, 0.15) is 19.9 Å². The summed E-state index contributed by atoms with van der Waals surface area (Å²) in [5.41, 5.74) is 2.78. The Labute approximate surface area is 181 Å². The van der Waals surface area contributed by atoms with E-state index < -0.39 is 0 Å². The Morgan fingerprint density at radius 3 is 1.43 bits per heavy atom. The van der Waals surface area contributed by atoms with Crippen molar-refractivity contribution in [3.63, 3.8) is 0 Å². The van der Waals surface area contributed by atoms with Crippen LogP contribution in [0.2, 0.25) is 0 Å². The molecule has 0 saturated carbocycles. The molecule has 1 nitrogen and oxygen atoms in total. The first kappa shape index (κ1) is 16.9. The maximum absolute atomic E-state index is 2.60. The third kappa shape index (κ3) is 2.02. The second kappa shape index (κ2) is 5.84. The van der Waals surface area contributed by atoms with Gasteiger partial charge in [0.15, 0.2) is 0 Å². The molecule has 0 saturated heterocycles. The minimum absolute atomic E-state index is 0.386. The van der Waals surface area contributed by atoms with Gasteiger partial charge in [-0.2, -0.15) is 0 Å². The summed E-state index contributed by atoms with van der Waals surface area (Å²) < 4.78 is 8.15. The fraction of sp³-hybridized carbons (Fsp3) is 0.111. The average Bonchev–Trinajstić information content (AvgIpc) is 3.42. The van der Waals surface area contributed by atoms with E-state index in [0.717, 1.165) is 0 Å². The first-order valence-corrected chi connectivity index (χ1v) is 12.0. The van der Waals surface area contributed by atoms with E-state index in [4.69, 9.17) is 0 Å². The fourth-order valence-electron chi connectivity index (χ4n) is 5.09. The van der Waals surface area contributed by atoms with Gasteiger partial charge in [0.05, 0.1) is 20.4 Å². The van der Waals surface area contributed by atoms with Gasteiger partial charge in [0.25, 0.3) is 0 Å². The molecular weight excluding hydrogens is 402 g/mol. The Bertz CT molecular complexity index is 1650. The Morgan fingerprint density at radius 2 is 0.967 bits per heavy atom. The third-order valence-corrected chi connectivity index (χ3v) is 8.72. The van der Waals surface area contributed by atoms with Crippen molar-refractivity contribution in [2.75, 3.05) is 0 Å². The molecule has 30 heavy (non-hydrogen) atoms. The third-order valence-electron chi connectivity index (χ3n) is 6.33. The molecule has 0 radical (unpaired) electrons. The van der Waals surface area contributed by atoms with Gasteiger partial charge in [-0.3, -0.25) is 0 Å². The molecular formula is C27H19NS2. The molecule has 0 aliphatic rings. The maximum Gasteiger partial charge on any atom is 0.0675 e. The Hall–Kier alpha value is -2.88. The number of thiophene rings is 2. The zero-order valence-corrected chi connectivity index (χ0v) is 18.4. The highest BCUT2D eigenvalue weighted by molar-refractivity contribution is 7.27. The lowest BCUT2D eigenvalue weighted by Crippen LogP contribution is -2.00. The van der Waals surface area contributed by atoms with Gasteiger partial charge in [-0.15, -0.1) is 22.7 Å². The van der Waals surface area contributed by atoms with Gasteiger partial charge in [-0.05, 0) is 26.0 Å². The standard InChI is InChI=1S/C27H19NS2/c1-15(2)28-24-18(11-13-20-16-7-3-5-9-22(16)29-26(20)24)19-12-14-21-17-8-4-6-10-23(17)30-27(21)25(19)28/h3-15H,1-2H3. The normalized spacial score (nSPS) is 12.6. The largest absolute Gasteiger partial charge is 0.336 e. The second-order valence-corrected chi connectivity index (χ2v) is 10.4. The number of rotatable bonds is 1. The molecule has 7 rings (SSSR count). The molecule has 0 spiro atoms. The van der Waals surface area contributed by atoms with E-state index in [1.165, 1.54) is 62.2 Å². The minimum Gasteiger partial charge on any atom is -0.336 e. The van der Waals surface area contributed by atoms with Crippen molar-refractivity contribution >= 4 is 84.8 Å². The van der Waals surface area contributed by atoms with Crippen LogP contribution in [0.3, 0.4) is 0 Å². The van der Waals surface area contributed by atoms with Crippen molar-refractivity contribution in [2.45, 2.75) is 19.9 Å². The molecule has 0 fully saturated rings. The van der Waals surface area contributed by atoms with Crippen LogP contribution in [-0.2, 0) is 0 Å². The molecule has 0 unspecified atom stereocenters. The summed E-state index contributed by atoms with van der Waals surface area (Å²) in [6.07, 6.45) is 0. The van der Waals surface area contributed by atoms with E-state index >= 15 is 0 Å². The van der Waals surface area contributed by atoms with Gasteiger partial charge in [0, 0.05) is 47.8 Å². The van der Waals surface area contributed by atoms with Crippen LogP contribution < -0.4 is 0 Å². The molecule has 0 aliphatic carbocycles. The van der Waals surface area contributed by atoms with Gasteiger partial charge < -0.3 is 4.57 Å². The van der Waals surface area contributed by atoms with Crippen LogP contribution >= 0.6 is 22.7 Å². The molecule has 3 aromatic heterocycles. The average molecular weight is 422 g/mol. The molecule has 3 heterocycles. The van der Waals surface area contributed by atoms with Crippen molar-refractivity contribution in [3.8, 4) is 0 Å². The molecule has 144 valence electrons. The molecule has 4 aromatic carbocycles. The Morgan fingerprint density at radius 1 is 0.533 bits per heavy atom. The molecule has 0 aliphatic heterocycles. The summed E-state index contributed by atoms with van der Waals surface area (Å²) in [5.74, 6) is 0. The van der Waals surface area contributed by atoms with E-state index in [0.29, 0.717) is 6.04 Å². The molecule has 3 heteroatoms. The smallest absolute Gasteiger partial charge is 0.0675 e. The van der Waals surface area contributed by atoms with Gasteiger partial charge in [-0.1, -0.05) is 60.7 Å². The zero-order chi connectivity index (χ0) is 20.0. The van der Waals surface area contributed by atoms with Gasteiger partial charge in [-0.25, -0.2) is 0 Å². The summed E-state index contributed by atoms with van der Waals surface area (Å²) >= 11 is 3.86. The topological polar surface area (TPSA) is 4.93 Å². The number of aromatic nitrogens is 1. The van der Waals surface area contributed by atoms with E-state index in [9.17, 15) is 0 Å². The SMILES string of the molecule is CC(C)n1c2c(ccc3c4ccccc4sc32)c2ccc3c4ccccc4sc3c21. The lowest BCUT2D eigenvalue weighted by atomic mass is 10.1. The van der Waals surface area contributed by atoms with Crippen LogP contribution in [0.25, 0.3) is 62.2 Å². The van der Waals surface area contributed by atoms with Crippen LogP contribution in [0.15, 0.2) is 72.8 Å². The van der Waals surface area contributed by atoms with E-state index in [1.54, 1.807) is 0 Å². The lowest BCUT2D eigenvalue weighted by molar-refractivity contribution is 0.645. The lowest BCUT2D eigenvalue weighted by Gasteiger charge is -2.12. The molecule has 7 aromatic rings. The minimum atomic E-state index is 0.386.